The van der Waals surface area contributed by atoms with E-state index >= 15 is 0 Å². The molecule has 1 aliphatic heterocycles. The van der Waals surface area contributed by atoms with Crippen molar-refractivity contribution in [3.05, 3.63) is 52.8 Å². The van der Waals surface area contributed by atoms with Crippen molar-refractivity contribution in [2.75, 3.05) is 18.4 Å². The normalized spacial score (nSPS) is 18.0. The van der Waals surface area contributed by atoms with Crippen LogP contribution in [0.15, 0.2) is 36.5 Å². The lowest BCUT2D eigenvalue weighted by Crippen LogP contribution is -2.41. The van der Waals surface area contributed by atoms with E-state index in [1.807, 2.05) is 30.2 Å². The number of carbonyl (C=O) groups excluding carboxylic acids is 1. The number of alkyl halides is 3. The topological polar surface area (TPSA) is 37.3 Å². The van der Waals surface area contributed by atoms with Crippen LogP contribution >= 0.6 is 11.6 Å². The van der Waals surface area contributed by atoms with E-state index < -0.39 is 17.6 Å². The smallest absolute Gasteiger partial charge is 0.349 e. The maximum Gasteiger partial charge on any atom is 0.418 e. The van der Waals surface area contributed by atoms with Crippen molar-refractivity contribution >= 4 is 23.2 Å². The highest BCUT2D eigenvalue weighted by Gasteiger charge is 2.34. The summed E-state index contributed by atoms with van der Waals surface area (Å²) in [6.45, 7) is 3.39. The molecule has 1 N–H and O–H groups in total. The summed E-state index contributed by atoms with van der Waals surface area (Å²) in [6, 6.07) is 7.25. The Morgan fingerprint density at radius 3 is 2.80 bits per heavy atom. The summed E-state index contributed by atoms with van der Waals surface area (Å²) in [5.74, 6) is -0.486. The maximum atomic E-state index is 13.1. The van der Waals surface area contributed by atoms with Gasteiger partial charge in [-0.3, -0.25) is 9.69 Å². The SMILES string of the molecule is C[C@@H]1c2cccn2CCN1CC(=O)Nc1ccc(Cl)cc1C(F)(F)F. The van der Waals surface area contributed by atoms with Crippen LogP contribution in [0, 0.1) is 0 Å². The Bertz CT molecular complexity index is 788. The lowest BCUT2D eigenvalue weighted by molar-refractivity contribution is -0.137. The number of benzene rings is 1. The third-order valence-electron chi connectivity index (χ3n) is 4.38. The Kier molecular flexibility index (Phi) is 4.79. The number of carbonyl (C=O) groups is 1. The van der Waals surface area contributed by atoms with Crippen LogP contribution in [-0.4, -0.2) is 28.5 Å². The van der Waals surface area contributed by atoms with Crippen molar-refractivity contribution in [1.82, 2.24) is 9.47 Å². The molecule has 0 aliphatic carbocycles. The molecule has 4 nitrogen and oxygen atoms in total. The monoisotopic (exact) mass is 371 g/mol. The van der Waals surface area contributed by atoms with E-state index in [0.29, 0.717) is 6.54 Å². The quantitative estimate of drug-likeness (QED) is 0.879. The summed E-state index contributed by atoms with van der Waals surface area (Å²) >= 11 is 5.65. The summed E-state index contributed by atoms with van der Waals surface area (Å²) in [4.78, 5) is 14.2. The van der Waals surface area contributed by atoms with Crippen molar-refractivity contribution in [1.29, 1.82) is 0 Å². The number of rotatable bonds is 3. The lowest BCUT2D eigenvalue weighted by atomic mass is 10.1. The van der Waals surface area contributed by atoms with Gasteiger partial charge in [-0.25, -0.2) is 0 Å². The maximum absolute atomic E-state index is 13.1. The zero-order valence-corrected chi connectivity index (χ0v) is 14.2. The lowest BCUT2D eigenvalue weighted by Gasteiger charge is -2.34. The predicted octanol–water partition coefficient (Wildman–Crippen LogP) is 4.18. The van der Waals surface area contributed by atoms with Gasteiger partial charge in [-0.2, -0.15) is 13.2 Å². The number of amides is 1. The van der Waals surface area contributed by atoms with Crippen LogP contribution in [0.4, 0.5) is 18.9 Å². The number of anilines is 1. The molecule has 0 unspecified atom stereocenters. The van der Waals surface area contributed by atoms with Crippen molar-refractivity contribution in [3.8, 4) is 0 Å². The molecule has 1 amide bonds. The minimum absolute atomic E-state index is 0.0156. The van der Waals surface area contributed by atoms with Crippen LogP contribution in [0.3, 0.4) is 0 Å². The minimum atomic E-state index is -4.59. The molecule has 2 heterocycles. The molecule has 134 valence electrons. The van der Waals surface area contributed by atoms with Crippen LogP contribution in [0.25, 0.3) is 0 Å². The zero-order chi connectivity index (χ0) is 18.2. The Balaban J connectivity index is 1.72. The van der Waals surface area contributed by atoms with Gasteiger partial charge in [0.25, 0.3) is 0 Å². The van der Waals surface area contributed by atoms with Gasteiger partial charge in [0.2, 0.25) is 5.91 Å². The van der Waals surface area contributed by atoms with Gasteiger partial charge in [-0.05, 0) is 37.3 Å². The molecule has 1 aromatic heterocycles. The fourth-order valence-electron chi connectivity index (χ4n) is 3.08. The second kappa shape index (κ2) is 6.72. The summed E-state index contributed by atoms with van der Waals surface area (Å²) in [5, 5.41) is 2.33. The summed E-state index contributed by atoms with van der Waals surface area (Å²) in [5.41, 5.74) is -0.148. The Labute approximate surface area is 148 Å². The molecule has 0 fully saturated rings. The molecule has 1 aliphatic rings. The number of halogens is 4. The number of aromatic nitrogens is 1. The van der Waals surface area contributed by atoms with Crippen LogP contribution in [0.2, 0.25) is 5.02 Å². The van der Waals surface area contributed by atoms with Crippen LogP contribution < -0.4 is 5.32 Å². The largest absolute Gasteiger partial charge is 0.418 e. The summed E-state index contributed by atoms with van der Waals surface area (Å²) in [6.07, 6.45) is -2.61. The van der Waals surface area contributed by atoms with Crippen LogP contribution in [0.5, 0.6) is 0 Å². The number of nitrogens with one attached hydrogen (secondary N) is 1. The number of hydrogen-bond acceptors (Lipinski definition) is 2. The Morgan fingerprint density at radius 1 is 1.32 bits per heavy atom. The second-order valence-corrected chi connectivity index (χ2v) is 6.45. The van der Waals surface area contributed by atoms with Gasteiger partial charge in [0.15, 0.2) is 0 Å². The molecule has 0 radical (unpaired) electrons. The van der Waals surface area contributed by atoms with Gasteiger partial charge >= 0.3 is 6.18 Å². The van der Waals surface area contributed by atoms with Gasteiger partial charge < -0.3 is 9.88 Å². The predicted molar refractivity (Wildman–Crippen MR) is 89.5 cm³/mol. The van der Waals surface area contributed by atoms with E-state index in [9.17, 15) is 18.0 Å². The number of hydrogen-bond donors (Lipinski definition) is 1. The average molecular weight is 372 g/mol. The van der Waals surface area contributed by atoms with E-state index in [1.165, 1.54) is 12.1 Å². The van der Waals surface area contributed by atoms with Crippen molar-refractivity contribution in [2.24, 2.45) is 0 Å². The molecule has 3 rings (SSSR count). The van der Waals surface area contributed by atoms with E-state index in [1.54, 1.807) is 0 Å². The van der Waals surface area contributed by atoms with Crippen LogP contribution in [0.1, 0.15) is 24.2 Å². The highest BCUT2D eigenvalue weighted by atomic mass is 35.5. The number of nitrogens with zero attached hydrogens (tertiary/aromatic N) is 2. The fraction of sp³-hybridized carbons (Fsp3) is 0.353. The molecule has 0 saturated heterocycles. The molecular formula is C17H17ClF3N3O. The van der Waals surface area contributed by atoms with E-state index in [0.717, 1.165) is 18.3 Å². The van der Waals surface area contributed by atoms with Crippen molar-refractivity contribution < 1.29 is 18.0 Å². The first-order chi connectivity index (χ1) is 11.8. The highest BCUT2D eigenvalue weighted by molar-refractivity contribution is 6.30. The zero-order valence-electron chi connectivity index (χ0n) is 13.5. The third-order valence-corrected chi connectivity index (χ3v) is 4.61. The van der Waals surface area contributed by atoms with Crippen LogP contribution in [-0.2, 0) is 17.5 Å². The Morgan fingerprint density at radius 2 is 2.08 bits per heavy atom. The molecule has 2 aromatic rings. The van der Waals surface area contributed by atoms with Gasteiger partial charge in [0.1, 0.15) is 0 Å². The fourth-order valence-corrected chi connectivity index (χ4v) is 3.25. The van der Waals surface area contributed by atoms with E-state index in [2.05, 4.69) is 9.88 Å². The molecule has 1 aromatic carbocycles. The van der Waals surface area contributed by atoms with Gasteiger partial charge in [0.05, 0.1) is 17.8 Å². The van der Waals surface area contributed by atoms with E-state index in [4.69, 9.17) is 11.6 Å². The molecule has 0 spiro atoms. The van der Waals surface area contributed by atoms with Gasteiger partial charge in [0, 0.05) is 36.0 Å². The average Bonchev–Trinajstić information content (AvgIpc) is 3.00. The minimum Gasteiger partial charge on any atom is -0.349 e. The van der Waals surface area contributed by atoms with Crippen molar-refractivity contribution in [3.63, 3.8) is 0 Å². The molecule has 1 atom stereocenters. The van der Waals surface area contributed by atoms with Gasteiger partial charge in [-0.15, -0.1) is 0 Å². The first-order valence-electron chi connectivity index (χ1n) is 7.81. The highest BCUT2D eigenvalue weighted by Crippen LogP contribution is 2.36. The Hall–Kier alpha value is -1.99. The molecule has 8 heteroatoms. The molecule has 25 heavy (non-hydrogen) atoms. The summed E-state index contributed by atoms with van der Waals surface area (Å²) in [7, 11) is 0. The molecule has 0 bridgehead atoms. The standard InChI is InChI=1S/C17H17ClF3N3O/c1-11-15-3-2-6-23(15)7-8-24(11)10-16(25)22-14-5-4-12(18)9-13(14)17(19,20)21/h2-6,9,11H,7-8,10H2,1H3,(H,22,25)/t11-/m1/s1. The first kappa shape index (κ1) is 17.8. The first-order valence-corrected chi connectivity index (χ1v) is 8.19. The van der Waals surface area contributed by atoms with Crippen molar-refractivity contribution in [2.45, 2.75) is 25.7 Å². The number of fused-ring (bicyclic) bond motifs is 1. The van der Waals surface area contributed by atoms with Gasteiger partial charge in [-0.1, -0.05) is 11.6 Å². The summed E-state index contributed by atoms with van der Waals surface area (Å²) < 4.78 is 41.4. The van der Waals surface area contributed by atoms with E-state index in [-0.39, 0.29) is 23.3 Å². The molecule has 0 saturated carbocycles. The molecular weight excluding hydrogens is 355 g/mol. The third kappa shape index (κ3) is 3.82. The second-order valence-electron chi connectivity index (χ2n) is 6.01.